The van der Waals surface area contributed by atoms with Crippen LogP contribution in [0.5, 0.6) is 0 Å². The third-order valence-electron chi connectivity index (χ3n) is 7.81. The Kier molecular flexibility index (Phi) is 8.87. The van der Waals surface area contributed by atoms with Gasteiger partial charge in [0.25, 0.3) is 0 Å². The van der Waals surface area contributed by atoms with Crippen molar-refractivity contribution in [3.63, 3.8) is 0 Å². The molecule has 40 heavy (non-hydrogen) atoms. The molecule has 3 aliphatic rings. The van der Waals surface area contributed by atoms with Crippen LogP contribution in [0, 0.1) is 0 Å². The quantitative estimate of drug-likeness (QED) is 0.452. The van der Waals surface area contributed by atoms with Crippen LogP contribution in [-0.4, -0.2) is 83.6 Å². The van der Waals surface area contributed by atoms with E-state index in [-0.39, 0.29) is 24.0 Å². The number of nitrogens with one attached hydrogen (secondary N) is 3. The van der Waals surface area contributed by atoms with Gasteiger partial charge < -0.3 is 25.8 Å². The van der Waals surface area contributed by atoms with Crippen molar-refractivity contribution in [2.75, 3.05) is 39.9 Å². The Balaban J connectivity index is 1.43. The molecule has 5 rings (SSSR count). The number of fused-ring (bicyclic) bond motifs is 2. The molecule has 1 saturated heterocycles. The first-order chi connectivity index (χ1) is 19.2. The highest BCUT2D eigenvalue weighted by molar-refractivity contribution is 9.10. The zero-order chi connectivity index (χ0) is 28.4. The van der Waals surface area contributed by atoms with Crippen LogP contribution in [-0.2, 0) is 17.6 Å². The Hall–Kier alpha value is -2.82. The Labute approximate surface area is 249 Å². The molecule has 214 valence electrons. The van der Waals surface area contributed by atoms with Crippen molar-refractivity contribution in [1.29, 1.82) is 0 Å². The van der Waals surface area contributed by atoms with Gasteiger partial charge in [-0.2, -0.15) is 0 Å². The van der Waals surface area contributed by atoms with Crippen LogP contribution in [0.1, 0.15) is 48.7 Å². The highest BCUT2D eigenvalue weighted by Crippen LogP contribution is 2.38. The van der Waals surface area contributed by atoms with Gasteiger partial charge in [0, 0.05) is 73.3 Å². The summed E-state index contributed by atoms with van der Waals surface area (Å²) in [6.45, 7) is 6.56. The van der Waals surface area contributed by atoms with Crippen molar-refractivity contribution in [3.8, 4) is 0 Å². The molecule has 2 atom stereocenters. The second-order valence-electron chi connectivity index (χ2n) is 11.0. The summed E-state index contributed by atoms with van der Waals surface area (Å²) in [6, 6.07) is 7.18. The molecular formula is C29H37BrClN7O2. The Morgan fingerprint density at radius 3 is 2.75 bits per heavy atom. The van der Waals surface area contributed by atoms with Gasteiger partial charge in [0.1, 0.15) is 6.04 Å². The summed E-state index contributed by atoms with van der Waals surface area (Å²) in [7, 11) is 2.02. The summed E-state index contributed by atoms with van der Waals surface area (Å²) in [6.07, 6.45) is 6.25. The molecule has 2 aliphatic heterocycles. The molecule has 0 saturated carbocycles. The van der Waals surface area contributed by atoms with E-state index >= 15 is 0 Å². The van der Waals surface area contributed by atoms with Crippen molar-refractivity contribution in [2.45, 2.75) is 51.2 Å². The molecule has 1 aromatic carbocycles. The molecule has 2 aromatic rings. The molecule has 1 unspecified atom stereocenters. The summed E-state index contributed by atoms with van der Waals surface area (Å²) in [4.78, 5) is 37.9. The van der Waals surface area contributed by atoms with Gasteiger partial charge in [-0.15, -0.1) is 0 Å². The van der Waals surface area contributed by atoms with Gasteiger partial charge in [-0.3, -0.25) is 14.7 Å². The number of benzene rings is 1. The van der Waals surface area contributed by atoms with Gasteiger partial charge >= 0.3 is 6.03 Å². The Bertz CT molecular complexity index is 1250. The van der Waals surface area contributed by atoms with Crippen LogP contribution in [0.3, 0.4) is 0 Å². The maximum atomic E-state index is 13.7. The normalized spacial score (nSPS) is 20.8. The molecule has 3 heterocycles. The molecule has 1 fully saturated rings. The maximum Gasteiger partial charge on any atom is 0.318 e. The van der Waals surface area contributed by atoms with Crippen LogP contribution in [0.15, 0.2) is 46.8 Å². The van der Waals surface area contributed by atoms with E-state index in [9.17, 15) is 9.59 Å². The smallest absolute Gasteiger partial charge is 0.318 e. The topological polar surface area (TPSA) is 92.8 Å². The van der Waals surface area contributed by atoms with Gasteiger partial charge in [0.2, 0.25) is 5.91 Å². The highest BCUT2D eigenvalue weighted by atomic mass is 79.9. The molecule has 3 N–H and O–H groups in total. The minimum atomic E-state index is -0.640. The standard InChI is InChI=1S/C29H37BrClN7O2/c1-18(2)35-29(40)38-11-10-37(16-25(38)28(39)33-9-8-23-15-32-17-36(23)3)27-24-7-6-22(31)13-19(24)4-5-20-12-21(30)14-34-26(20)27/h6-7,12-15,18,25,27,32H,4-5,8-11,16-17H2,1-3H3,(H,33,39)(H,35,40)/t25-,27?/m1/s1. The summed E-state index contributed by atoms with van der Waals surface area (Å²) in [5.74, 6) is -0.147. The van der Waals surface area contributed by atoms with E-state index in [4.69, 9.17) is 16.6 Å². The van der Waals surface area contributed by atoms with E-state index in [2.05, 4.69) is 53.8 Å². The van der Waals surface area contributed by atoms with E-state index < -0.39 is 6.04 Å². The summed E-state index contributed by atoms with van der Waals surface area (Å²) in [5.41, 5.74) is 5.65. The Morgan fingerprint density at radius 2 is 2.00 bits per heavy atom. The highest BCUT2D eigenvalue weighted by Gasteiger charge is 2.40. The third kappa shape index (κ3) is 6.24. The predicted octanol–water partition coefficient (Wildman–Crippen LogP) is 3.63. The fourth-order valence-electron chi connectivity index (χ4n) is 5.82. The van der Waals surface area contributed by atoms with Crippen LogP contribution >= 0.6 is 27.5 Å². The fourth-order valence-corrected chi connectivity index (χ4v) is 6.40. The van der Waals surface area contributed by atoms with Crippen LogP contribution < -0.4 is 16.0 Å². The predicted molar refractivity (Wildman–Crippen MR) is 160 cm³/mol. The number of hydrogen-bond acceptors (Lipinski definition) is 6. The van der Waals surface area contributed by atoms with Gasteiger partial charge in [-0.25, -0.2) is 4.79 Å². The number of aryl methyl sites for hydroxylation is 2. The Morgan fingerprint density at radius 1 is 1.20 bits per heavy atom. The van der Waals surface area contributed by atoms with Gasteiger partial charge in [-0.1, -0.05) is 17.7 Å². The molecule has 0 bridgehead atoms. The summed E-state index contributed by atoms with van der Waals surface area (Å²) >= 11 is 10.0. The van der Waals surface area contributed by atoms with Gasteiger partial charge in [0.15, 0.2) is 0 Å². The molecule has 1 aromatic heterocycles. The van der Waals surface area contributed by atoms with Crippen molar-refractivity contribution in [1.82, 2.24) is 35.6 Å². The second-order valence-corrected chi connectivity index (χ2v) is 12.3. The molecule has 3 amide bonds. The molecule has 11 heteroatoms. The largest absolute Gasteiger partial charge is 0.372 e. The van der Waals surface area contributed by atoms with Crippen LogP contribution in [0.25, 0.3) is 0 Å². The lowest BCUT2D eigenvalue weighted by atomic mass is 9.95. The van der Waals surface area contributed by atoms with Crippen molar-refractivity contribution >= 4 is 39.5 Å². The number of piperazine rings is 1. The lowest BCUT2D eigenvalue weighted by Crippen LogP contribution is -2.63. The number of carbonyl (C=O) groups excluding carboxylic acids is 2. The van der Waals surface area contributed by atoms with Gasteiger partial charge in [0.05, 0.1) is 18.4 Å². The number of aromatic nitrogens is 1. The first-order valence-electron chi connectivity index (χ1n) is 13.9. The number of pyridine rings is 1. The molecule has 0 radical (unpaired) electrons. The monoisotopic (exact) mass is 629 g/mol. The van der Waals surface area contributed by atoms with Crippen LogP contribution in [0.2, 0.25) is 5.02 Å². The number of carbonyl (C=O) groups is 2. The third-order valence-corrected chi connectivity index (χ3v) is 8.48. The van der Waals surface area contributed by atoms with Crippen molar-refractivity contribution in [2.24, 2.45) is 0 Å². The number of nitrogens with zero attached hydrogens (tertiary/aromatic N) is 4. The molecular weight excluding hydrogens is 594 g/mol. The zero-order valence-electron chi connectivity index (χ0n) is 23.2. The fraction of sp³-hybridized carbons (Fsp3) is 0.483. The van der Waals surface area contributed by atoms with E-state index in [1.807, 2.05) is 45.4 Å². The number of rotatable bonds is 6. The van der Waals surface area contributed by atoms with Crippen molar-refractivity contribution < 1.29 is 9.59 Å². The summed E-state index contributed by atoms with van der Waals surface area (Å²) < 4.78 is 0.944. The minimum absolute atomic E-state index is 0.0282. The first-order valence-corrected chi connectivity index (χ1v) is 15.0. The van der Waals surface area contributed by atoms with Crippen molar-refractivity contribution in [3.05, 3.63) is 74.2 Å². The SMILES string of the molecule is CC(C)NC(=O)N1CCN(C2c3ccc(Cl)cc3CCc3cc(Br)cnc32)C[C@@H]1C(=O)NCCC1=CNCN1C. The minimum Gasteiger partial charge on any atom is -0.372 e. The maximum absolute atomic E-state index is 13.7. The number of halogens is 2. The molecule has 9 nitrogen and oxygen atoms in total. The lowest BCUT2D eigenvalue weighted by Gasteiger charge is -2.44. The number of hydrogen-bond donors (Lipinski definition) is 3. The first kappa shape index (κ1) is 28.7. The number of urea groups is 1. The van der Waals surface area contributed by atoms with Gasteiger partial charge in [-0.05, 0) is 77.5 Å². The average Bonchev–Trinajstić information content (AvgIpc) is 3.25. The average molecular weight is 631 g/mol. The molecule has 0 spiro atoms. The van der Waals surface area contributed by atoms with E-state index in [1.165, 1.54) is 11.1 Å². The number of amides is 3. The second kappa shape index (κ2) is 12.4. The zero-order valence-corrected chi connectivity index (χ0v) is 25.6. The summed E-state index contributed by atoms with van der Waals surface area (Å²) in [5, 5.41) is 10.0. The van der Waals surface area contributed by atoms with Crippen LogP contribution in [0.4, 0.5) is 4.79 Å². The van der Waals surface area contributed by atoms with E-state index in [0.717, 1.165) is 40.9 Å². The van der Waals surface area contributed by atoms with E-state index in [0.29, 0.717) is 37.6 Å². The molecule has 1 aliphatic carbocycles. The lowest BCUT2D eigenvalue weighted by molar-refractivity contribution is -0.127. The van der Waals surface area contributed by atoms with E-state index in [1.54, 1.807) is 4.90 Å².